The first kappa shape index (κ1) is 105. The van der Waals surface area contributed by atoms with E-state index in [1.807, 2.05) is 0 Å². The van der Waals surface area contributed by atoms with Crippen LogP contribution in [-0.2, 0) is 90.8 Å². The van der Waals surface area contributed by atoms with E-state index >= 15 is 0 Å². The third-order valence-electron chi connectivity index (χ3n) is 20.1. The first-order valence-corrected chi connectivity index (χ1v) is 48.4. The molecule has 2 atom stereocenters. The molecular formula is C92H129ClN12O17S4. The van der Waals surface area contributed by atoms with Crippen LogP contribution >= 0.6 is 11.6 Å². The highest BCUT2D eigenvalue weighted by atomic mass is 35.5. The molecule has 4 aliphatic rings. The molecule has 690 valence electrons. The van der Waals surface area contributed by atoms with Crippen molar-refractivity contribution in [1.82, 2.24) is 25.3 Å². The van der Waals surface area contributed by atoms with Gasteiger partial charge in [0.15, 0.2) is 45.1 Å². The number of urea groups is 1. The first-order chi connectivity index (χ1) is 58.3. The Bertz CT molecular complexity index is 5170. The lowest BCUT2D eigenvalue weighted by atomic mass is 9.82. The SMILES string of the molecule is C.C.C.CC(C)(C)OC(=O)Nc1ccc(CS(=O)(=O)c2ccc(Cl)nc2)cc1.CC(C)(C)OC(=O)Nc1ccc(CS(=O)(=O)c2ccc(N3CCOCC3)nc2)cc1.CC(C)CCCC(C)CC(=O)[C@@H](CC1CCCCC1)NC(=O)Nc1ccc(CS(=O)(=O)c2ccc(N3CCOCC3)nc2)cc1.Nc1ccc(CS(=O)(=O)c2ccc(N3CCOCC3)nc2)cc1. The molecule has 0 bridgehead atoms. The number of carbonyl (C=O) groups is 4. The molecule has 4 fully saturated rings. The normalized spacial score (nSPS) is 15.0. The number of nitrogen functional groups attached to an aromatic ring is 1. The number of nitrogens with one attached hydrogen (secondary N) is 4. The number of Topliss-reactive ketones (excluding diaryl/α,β-unsaturated/α-hetero) is 1. The molecule has 29 nitrogen and oxygen atoms in total. The summed E-state index contributed by atoms with van der Waals surface area (Å²) >= 11 is 5.67. The number of nitrogens with two attached hydrogens (primary N) is 1. The molecule has 34 heteroatoms. The number of rotatable bonds is 28. The number of aromatic nitrogens is 4. The zero-order valence-electron chi connectivity index (χ0n) is 71.5. The van der Waals surface area contributed by atoms with E-state index in [1.54, 1.807) is 175 Å². The number of pyridine rings is 4. The van der Waals surface area contributed by atoms with E-state index in [-0.39, 0.29) is 81.7 Å². The number of nitrogens with zero attached hydrogens (tertiary/aromatic N) is 7. The maximum Gasteiger partial charge on any atom is 0.412 e. The molecule has 0 radical (unpaired) electrons. The maximum absolute atomic E-state index is 13.4. The second-order valence-electron chi connectivity index (χ2n) is 33.3. The predicted octanol–water partition coefficient (Wildman–Crippen LogP) is 17.5. The zero-order chi connectivity index (χ0) is 89.0. The van der Waals surface area contributed by atoms with Gasteiger partial charge in [0.25, 0.3) is 0 Å². The van der Waals surface area contributed by atoms with Crippen molar-refractivity contribution in [2.75, 3.05) is 115 Å². The van der Waals surface area contributed by atoms with E-state index < -0.39 is 74.8 Å². The van der Waals surface area contributed by atoms with Crippen molar-refractivity contribution in [3.63, 3.8) is 0 Å². The molecule has 4 amide bonds. The van der Waals surface area contributed by atoms with Crippen LogP contribution < -0.4 is 41.7 Å². The van der Waals surface area contributed by atoms with Gasteiger partial charge in [-0.2, -0.15) is 0 Å². The lowest BCUT2D eigenvalue weighted by Gasteiger charge is -2.27. The predicted molar refractivity (Wildman–Crippen MR) is 499 cm³/mol. The molecule has 126 heavy (non-hydrogen) atoms. The Balaban J connectivity index is 0.000000267. The second kappa shape index (κ2) is 49.5. The smallest absolute Gasteiger partial charge is 0.412 e. The van der Waals surface area contributed by atoms with Crippen LogP contribution in [0.4, 0.5) is 54.6 Å². The second-order valence-corrected chi connectivity index (χ2v) is 41.6. The van der Waals surface area contributed by atoms with E-state index in [4.69, 9.17) is 41.0 Å². The Morgan fingerprint density at radius 3 is 1.09 bits per heavy atom. The van der Waals surface area contributed by atoms with Crippen molar-refractivity contribution in [2.24, 2.45) is 17.8 Å². The number of halogens is 1. The van der Waals surface area contributed by atoms with Gasteiger partial charge >= 0.3 is 18.2 Å². The van der Waals surface area contributed by atoms with Gasteiger partial charge in [-0.25, -0.2) is 68.0 Å². The van der Waals surface area contributed by atoms with Crippen molar-refractivity contribution in [2.45, 2.75) is 209 Å². The topological polar surface area (TPSA) is 386 Å². The highest BCUT2D eigenvalue weighted by Gasteiger charge is 2.29. The largest absolute Gasteiger partial charge is 0.444 e. The molecule has 12 rings (SSSR count). The van der Waals surface area contributed by atoms with Crippen molar-refractivity contribution in [3.05, 3.63) is 198 Å². The van der Waals surface area contributed by atoms with Crippen LogP contribution in [0.3, 0.4) is 0 Å². The van der Waals surface area contributed by atoms with Crippen LogP contribution in [0.2, 0.25) is 5.15 Å². The monoisotopic (exact) mass is 1840 g/mol. The quantitative estimate of drug-likeness (QED) is 0.0225. The summed E-state index contributed by atoms with van der Waals surface area (Å²) in [7, 11) is -14.1. The Kier molecular flexibility index (Phi) is 41.2. The number of ketones is 1. The van der Waals surface area contributed by atoms with E-state index in [0.29, 0.717) is 109 Å². The van der Waals surface area contributed by atoms with Gasteiger partial charge in [0, 0.05) is 93.2 Å². The van der Waals surface area contributed by atoms with Gasteiger partial charge in [-0.15, -0.1) is 0 Å². The maximum atomic E-state index is 13.4. The van der Waals surface area contributed by atoms with Crippen LogP contribution in [0, 0.1) is 17.8 Å². The van der Waals surface area contributed by atoms with Crippen molar-refractivity contribution >= 4 is 115 Å². The highest BCUT2D eigenvalue weighted by molar-refractivity contribution is 7.91. The number of hydrogen-bond donors (Lipinski definition) is 5. The van der Waals surface area contributed by atoms with Crippen LogP contribution in [0.1, 0.15) is 171 Å². The molecule has 1 saturated carbocycles. The summed E-state index contributed by atoms with van der Waals surface area (Å²) < 4.78 is 128. The van der Waals surface area contributed by atoms with E-state index in [0.717, 1.165) is 88.8 Å². The fraction of sp³-hybridized carbons (Fsp3) is 0.478. The van der Waals surface area contributed by atoms with Crippen LogP contribution in [-0.4, -0.2) is 174 Å². The van der Waals surface area contributed by atoms with Crippen molar-refractivity contribution in [1.29, 1.82) is 0 Å². The molecular weight excluding hydrogens is 1710 g/mol. The number of amides is 4. The Morgan fingerprint density at radius 1 is 0.452 bits per heavy atom. The van der Waals surface area contributed by atoms with Crippen LogP contribution in [0.5, 0.6) is 0 Å². The van der Waals surface area contributed by atoms with Gasteiger partial charge < -0.3 is 54.8 Å². The van der Waals surface area contributed by atoms with Crippen LogP contribution in [0.25, 0.3) is 0 Å². The number of ether oxygens (including phenoxy) is 5. The Hall–Kier alpha value is -9.87. The molecule has 4 aromatic heterocycles. The molecule has 6 N–H and O–H groups in total. The third kappa shape index (κ3) is 35.8. The minimum absolute atomic E-state index is 0. The highest BCUT2D eigenvalue weighted by Crippen LogP contribution is 2.31. The van der Waals surface area contributed by atoms with E-state index in [9.17, 15) is 52.8 Å². The third-order valence-corrected chi connectivity index (χ3v) is 27.1. The number of carbonyl (C=O) groups excluding carboxylic acids is 4. The summed E-state index contributed by atoms with van der Waals surface area (Å²) in [5, 5.41) is 11.3. The molecule has 3 saturated heterocycles. The van der Waals surface area contributed by atoms with E-state index in [1.165, 1.54) is 56.2 Å². The number of sulfone groups is 4. The van der Waals surface area contributed by atoms with Gasteiger partial charge in [-0.1, -0.05) is 155 Å². The summed E-state index contributed by atoms with van der Waals surface area (Å²) in [6.07, 6.45) is 14.6. The first-order valence-electron chi connectivity index (χ1n) is 41.4. The number of anilines is 7. The van der Waals surface area contributed by atoms with Gasteiger partial charge in [0.2, 0.25) is 0 Å². The molecule has 3 aliphatic heterocycles. The minimum Gasteiger partial charge on any atom is -0.444 e. The molecule has 8 aromatic rings. The zero-order valence-corrected chi connectivity index (χ0v) is 75.5. The number of benzene rings is 4. The summed E-state index contributed by atoms with van der Waals surface area (Å²) in [4.78, 5) is 73.7. The number of hydrogen-bond acceptors (Lipinski definition) is 25. The fourth-order valence-corrected chi connectivity index (χ4v) is 18.9. The molecule has 0 spiro atoms. The minimum atomic E-state index is -3.60. The number of morpholine rings is 3. The lowest BCUT2D eigenvalue weighted by Crippen LogP contribution is -2.44. The summed E-state index contributed by atoms with van der Waals surface area (Å²) in [5.74, 6) is 3.21. The average molecular weight is 1840 g/mol. The molecule has 1 aliphatic carbocycles. The van der Waals surface area contributed by atoms with Crippen LogP contribution in [0.15, 0.2) is 190 Å². The average Bonchev–Trinajstić information content (AvgIpc) is 0.818. The molecule has 1 unspecified atom stereocenters. The summed E-state index contributed by atoms with van der Waals surface area (Å²) in [6, 6.07) is 38.7. The van der Waals surface area contributed by atoms with E-state index in [2.05, 4.69) is 76.7 Å². The van der Waals surface area contributed by atoms with Gasteiger partial charge in [-0.05, 0) is 185 Å². The van der Waals surface area contributed by atoms with Gasteiger partial charge in [-0.3, -0.25) is 15.4 Å². The van der Waals surface area contributed by atoms with Crippen molar-refractivity contribution in [3.8, 4) is 0 Å². The Labute approximate surface area is 751 Å². The lowest BCUT2D eigenvalue weighted by molar-refractivity contribution is -0.122. The molecule has 4 aromatic carbocycles. The molecule has 7 heterocycles. The standard InChI is InChI=1S/C35H52N4O5S.C21H27N3O5S.C17H19ClN2O4S.C16H19N3O3S.3CH4/c1-26(2)8-7-9-27(3)22-33(40)32(23-28-10-5-4-6-11-28)38-35(41)37-30-14-12-29(13-15-30)25-45(42,43)31-16-17-34(36-24-31)39-18-20-44-21-19-39;1-21(2,3)29-20(25)23-17-6-4-16(5-7-17)15-30(26,27)18-8-9-19(22-14-18)24-10-12-28-13-11-24;1-17(2,3)24-16(21)20-13-6-4-12(5-7-13)11-25(22,23)14-8-9-15(18)19-10-14;17-14-3-1-13(2-4-14)12-23(20,21)15-5-6-16(18-11-15)19-7-9-22-10-8-19;;;/h12-17,24,26-28,32H,4-11,18-23,25H2,1-3H3,(H2,37,38,41);4-9,14H,10-13,15H2,1-3H3,(H,23,25);4-10H,11H2,1-3H3,(H,20,21);1-6,11H,7-10,12,17H2;3*1H4/t27?,32-;;;;;;/m1....../s1. The summed E-state index contributed by atoms with van der Waals surface area (Å²) in [6.45, 7) is 25.6. The van der Waals surface area contributed by atoms with Gasteiger partial charge in [0.1, 0.15) is 33.8 Å². The fourth-order valence-electron chi connectivity index (χ4n) is 13.7. The van der Waals surface area contributed by atoms with Crippen molar-refractivity contribution < 1.29 is 76.5 Å². The van der Waals surface area contributed by atoms with Gasteiger partial charge in [0.05, 0.1) is 88.3 Å². The summed E-state index contributed by atoms with van der Waals surface area (Å²) in [5.41, 5.74) is 9.14. The Morgan fingerprint density at radius 2 is 0.778 bits per heavy atom.